The molecule has 1 amide bonds. The monoisotopic (exact) mass is 240 g/mol. The zero-order valence-electron chi connectivity index (χ0n) is 7.62. The van der Waals surface area contributed by atoms with Gasteiger partial charge in [-0.3, -0.25) is 4.79 Å². The van der Waals surface area contributed by atoms with Gasteiger partial charge in [0.1, 0.15) is 0 Å². The van der Waals surface area contributed by atoms with Crippen LogP contribution in [0.4, 0.5) is 0 Å². The number of halogens is 1. The molecule has 5 nitrogen and oxygen atoms in total. The van der Waals surface area contributed by atoms with Crippen LogP contribution >= 0.6 is 11.6 Å². The molecule has 0 aromatic carbocycles. The molecular formula is C7H13ClN2O3S. The number of hydrogen-bond acceptors (Lipinski definition) is 3. The first-order valence-electron chi connectivity index (χ1n) is 4.36. The Bertz CT molecular complexity index is 304. The molecule has 14 heavy (non-hydrogen) atoms. The van der Waals surface area contributed by atoms with Crippen molar-refractivity contribution in [3.8, 4) is 0 Å². The Hall–Kier alpha value is -0.330. The highest BCUT2D eigenvalue weighted by molar-refractivity contribution is 7.89. The van der Waals surface area contributed by atoms with E-state index in [9.17, 15) is 13.2 Å². The van der Waals surface area contributed by atoms with Crippen molar-refractivity contribution in [1.29, 1.82) is 0 Å². The van der Waals surface area contributed by atoms with Crippen LogP contribution in [0, 0.1) is 0 Å². The normalized spacial score (nSPS) is 22.4. The molecule has 0 aliphatic carbocycles. The van der Waals surface area contributed by atoms with Crippen molar-refractivity contribution in [2.75, 3.05) is 18.2 Å². The van der Waals surface area contributed by atoms with Crippen LogP contribution in [0.15, 0.2) is 0 Å². The number of sulfonamides is 1. The number of rotatable bonds is 5. The molecule has 1 heterocycles. The van der Waals surface area contributed by atoms with Gasteiger partial charge in [-0.1, -0.05) is 0 Å². The van der Waals surface area contributed by atoms with E-state index in [0.717, 1.165) is 0 Å². The summed E-state index contributed by atoms with van der Waals surface area (Å²) in [5, 5.41) is 2.56. The Kier molecular flexibility index (Phi) is 4.15. The average Bonchev–Trinajstić information content (AvgIpc) is 2.47. The average molecular weight is 241 g/mol. The summed E-state index contributed by atoms with van der Waals surface area (Å²) in [4.78, 5) is 10.8. The van der Waals surface area contributed by atoms with E-state index in [1.54, 1.807) is 0 Å². The lowest BCUT2D eigenvalue weighted by molar-refractivity contribution is -0.119. The van der Waals surface area contributed by atoms with E-state index in [1.165, 1.54) is 0 Å². The molecule has 0 spiro atoms. The molecule has 1 unspecified atom stereocenters. The molecule has 0 radical (unpaired) electrons. The van der Waals surface area contributed by atoms with Gasteiger partial charge in [-0.25, -0.2) is 13.1 Å². The summed E-state index contributed by atoms with van der Waals surface area (Å²) in [5.41, 5.74) is 0. The highest BCUT2D eigenvalue weighted by atomic mass is 35.5. The SMILES string of the molecule is O=C1CC(NS(=O)(=O)CCCCl)CN1. The van der Waals surface area contributed by atoms with E-state index in [1.807, 2.05) is 0 Å². The van der Waals surface area contributed by atoms with Gasteiger partial charge in [0.2, 0.25) is 15.9 Å². The maximum atomic E-state index is 11.3. The maximum Gasteiger partial charge on any atom is 0.221 e. The summed E-state index contributed by atoms with van der Waals surface area (Å²) in [5.74, 6) is 0.222. The van der Waals surface area contributed by atoms with E-state index in [2.05, 4.69) is 10.0 Å². The lowest BCUT2D eigenvalue weighted by Gasteiger charge is -2.10. The van der Waals surface area contributed by atoms with E-state index >= 15 is 0 Å². The molecule has 1 aliphatic rings. The Labute approximate surface area is 88.2 Å². The van der Waals surface area contributed by atoms with Crippen LogP contribution in [-0.4, -0.2) is 38.5 Å². The van der Waals surface area contributed by atoms with Crippen molar-refractivity contribution in [1.82, 2.24) is 10.0 Å². The van der Waals surface area contributed by atoms with Gasteiger partial charge in [-0.2, -0.15) is 0 Å². The predicted molar refractivity (Wildman–Crippen MR) is 53.7 cm³/mol. The molecular weight excluding hydrogens is 228 g/mol. The molecule has 82 valence electrons. The van der Waals surface area contributed by atoms with Gasteiger partial charge < -0.3 is 5.32 Å². The molecule has 0 aromatic heterocycles. The van der Waals surface area contributed by atoms with Crippen molar-refractivity contribution in [3.63, 3.8) is 0 Å². The maximum absolute atomic E-state index is 11.3. The minimum atomic E-state index is -3.28. The summed E-state index contributed by atoms with van der Waals surface area (Å²) >= 11 is 5.39. The second-order valence-corrected chi connectivity index (χ2v) is 5.44. The van der Waals surface area contributed by atoms with Crippen molar-refractivity contribution in [3.05, 3.63) is 0 Å². The van der Waals surface area contributed by atoms with Crippen molar-refractivity contribution in [2.24, 2.45) is 0 Å². The number of alkyl halides is 1. The first-order valence-corrected chi connectivity index (χ1v) is 6.55. The van der Waals surface area contributed by atoms with Crippen molar-refractivity contribution >= 4 is 27.5 Å². The molecule has 7 heteroatoms. The van der Waals surface area contributed by atoms with E-state index in [4.69, 9.17) is 11.6 Å². The number of amides is 1. The lowest BCUT2D eigenvalue weighted by Crippen LogP contribution is -2.37. The second kappa shape index (κ2) is 4.95. The first-order chi connectivity index (χ1) is 6.53. The topological polar surface area (TPSA) is 75.3 Å². The number of nitrogens with one attached hydrogen (secondary N) is 2. The fourth-order valence-electron chi connectivity index (χ4n) is 1.25. The molecule has 0 saturated carbocycles. The zero-order valence-corrected chi connectivity index (χ0v) is 9.20. The third-order valence-electron chi connectivity index (χ3n) is 1.87. The van der Waals surface area contributed by atoms with Crippen LogP contribution < -0.4 is 10.0 Å². The largest absolute Gasteiger partial charge is 0.354 e. The Morgan fingerprint density at radius 3 is 2.79 bits per heavy atom. The zero-order chi connectivity index (χ0) is 10.6. The lowest BCUT2D eigenvalue weighted by atomic mass is 10.3. The van der Waals surface area contributed by atoms with Gasteiger partial charge in [0.25, 0.3) is 0 Å². The number of carbonyl (C=O) groups excluding carboxylic acids is 1. The minimum Gasteiger partial charge on any atom is -0.354 e. The molecule has 0 bridgehead atoms. The fourth-order valence-corrected chi connectivity index (χ4v) is 2.85. The summed E-state index contributed by atoms with van der Waals surface area (Å²) in [7, 11) is -3.28. The molecule has 1 aliphatic heterocycles. The van der Waals surface area contributed by atoms with E-state index in [0.29, 0.717) is 18.8 Å². The highest BCUT2D eigenvalue weighted by Gasteiger charge is 2.25. The van der Waals surface area contributed by atoms with Crippen LogP contribution in [0.3, 0.4) is 0 Å². The van der Waals surface area contributed by atoms with Crippen LogP contribution in [0.2, 0.25) is 0 Å². The number of hydrogen-bond donors (Lipinski definition) is 2. The molecule has 0 aromatic rings. The van der Waals surface area contributed by atoms with Crippen LogP contribution in [0.1, 0.15) is 12.8 Å². The minimum absolute atomic E-state index is 0.0151. The van der Waals surface area contributed by atoms with Crippen molar-refractivity contribution < 1.29 is 13.2 Å². The molecule has 2 N–H and O–H groups in total. The van der Waals surface area contributed by atoms with Gasteiger partial charge >= 0.3 is 0 Å². The molecule has 1 saturated heterocycles. The Morgan fingerprint density at radius 2 is 2.29 bits per heavy atom. The smallest absolute Gasteiger partial charge is 0.221 e. The second-order valence-electron chi connectivity index (χ2n) is 3.18. The van der Waals surface area contributed by atoms with E-state index in [-0.39, 0.29) is 24.1 Å². The standard InChI is InChI=1S/C7H13ClN2O3S/c8-2-1-3-14(12,13)10-6-4-7(11)9-5-6/h6,10H,1-5H2,(H,9,11). The third-order valence-corrected chi connectivity index (χ3v) is 3.66. The Balaban J connectivity index is 2.39. The van der Waals surface area contributed by atoms with Crippen LogP contribution in [0.5, 0.6) is 0 Å². The van der Waals surface area contributed by atoms with E-state index < -0.39 is 10.0 Å². The first kappa shape index (κ1) is 11.7. The van der Waals surface area contributed by atoms with Crippen LogP contribution in [0.25, 0.3) is 0 Å². The van der Waals surface area contributed by atoms with Gasteiger partial charge in [-0.15, -0.1) is 11.6 Å². The van der Waals surface area contributed by atoms with Gasteiger partial charge in [0.05, 0.1) is 5.75 Å². The van der Waals surface area contributed by atoms with Gasteiger partial charge in [0, 0.05) is 24.9 Å². The van der Waals surface area contributed by atoms with Gasteiger partial charge in [0.15, 0.2) is 0 Å². The summed E-state index contributed by atoms with van der Waals surface area (Å²) in [6.07, 6.45) is 0.644. The molecule has 1 fully saturated rings. The highest BCUT2D eigenvalue weighted by Crippen LogP contribution is 2.02. The molecule has 1 atom stereocenters. The Morgan fingerprint density at radius 1 is 1.57 bits per heavy atom. The third kappa shape index (κ3) is 3.81. The van der Waals surface area contributed by atoms with Crippen LogP contribution in [-0.2, 0) is 14.8 Å². The van der Waals surface area contributed by atoms with Crippen molar-refractivity contribution in [2.45, 2.75) is 18.9 Å². The summed E-state index contributed by atoms with van der Waals surface area (Å²) in [6, 6.07) is -0.303. The van der Waals surface area contributed by atoms with Gasteiger partial charge in [-0.05, 0) is 6.42 Å². The summed E-state index contributed by atoms with van der Waals surface area (Å²) < 4.78 is 25.1. The molecule has 1 rings (SSSR count). The summed E-state index contributed by atoms with van der Waals surface area (Å²) in [6.45, 7) is 0.374. The predicted octanol–water partition coefficient (Wildman–Crippen LogP) is -0.577. The quantitative estimate of drug-likeness (QED) is 0.632. The number of carbonyl (C=O) groups is 1. The fraction of sp³-hybridized carbons (Fsp3) is 0.857.